The normalized spacial score (nSPS) is 40.9. The summed E-state index contributed by atoms with van der Waals surface area (Å²) in [6, 6.07) is 0. The fourth-order valence-electron chi connectivity index (χ4n) is 2.30. The van der Waals surface area contributed by atoms with Gasteiger partial charge in [-0.05, 0) is 13.8 Å². The van der Waals surface area contributed by atoms with Crippen molar-refractivity contribution in [1.29, 1.82) is 0 Å². The van der Waals surface area contributed by atoms with Gasteiger partial charge in [-0.25, -0.2) is 0 Å². The minimum atomic E-state index is -0.908. The van der Waals surface area contributed by atoms with Crippen LogP contribution in [0.2, 0.25) is 0 Å². The van der Waals surface area contributed by atoms with Gasteiger partial charge in [-0.3, -0.25) is 4.79 Å². The molecule has 6 nitrogen and oxygen atoms in total. The molecule has 92 valence electrons. The first-order valence-corrected chi connectivity index (χ1v) is 5.36. The number of hydrogen-bond donors (Lipinski definition) is 2. The van der Waals surface area contributed by atoms with Crippen molar-refractivity contribution in [2.24, 2.45) is 5.73 Å². The maximum Gasteiger partial charge on any atom is 0.306 e. The number of carboxylic acids is 1. The monoisotopic (exact) mass is 231 g/mol. The standard InChI is InChI=1S/C10H17NO5/c1-10(2)15-8-5(3-7(12)13)14-6(4-11)9(8)16-10/h5-6,8-9H,3-4,11H2,1-2H3,(H,12,13)/t5-,6+,8-,9+/m0/s1. The molecule has 0 bridgehead atoms. The molecule has 2 fully saturated rings. The van der Waals surface area contributed by atoms with E-state index in [1.54, 1.807) is 13.8 Å². The zero-order valence-corrected chi connectivity index (χ0v) is 9.38. The lowest BCUT2D eigenvalue weighted by molar-refractivity contribution is -0.188. The Labute approximate surface area is 93.6 Å². The number of carbonyl (C=O) groups is 1. The molecule has 0 spiro atoms. The molecule has 0 aliphatic carbocycles. The van der Waals surface area contributed by atoms with E-state index in [-0.39, 0.29) is 24.7 Å². The SMILES string of the molecule is CC1(C)O[C@@H]2[C@H](O1)[C@@H](CN)O[C@H]2CC(=O)O. The molecule has 0 unspecified atom stereocenters. The van der Waals surface area contributed by atoms with Crippen molar-refractivity contribution in [3.05, 3.63) is 0 Å². The molecule has 3 N–H and O–H groups in total. The fraction of sp³-hybridized carbons (Fsp3) is 0.900. The zero-order chi connectivity index (χ0) is 11.9. The zero-order valence-electron chi connectivity index (χ0n) is 9.38. The van der Waals surface area contributed by atoms with Crippen molar-refractivity contribution in [1.82, 2.24) is 0 Å². The Bertz CT molecular complexity index is 293. The van der Waals surface area contributed by atoms with Gasteiger partial charge in [-0.1, -0.05) is 0 Å². The molecule has 0 saturated carbocycles. The molecule has 16 heavy (non-hydrogen) atoms. The van der Waals surface area contributed by atoms with Crippen LogP contribution in [0.5, 0.6) is 0 Å². The molecule has 0 aromatic rings. The van der Waals surface area contributed by atoms with Gasteiger partial charge in [-0.15, -0.1) is 0 Å². The van der Waals surface area contributed by atoms with Crippen molar-refractivity contribution in [2.45, 2.75) is 50.5 Å². The summed E-state index contributed by atoms with van der Waals surface area (Å²) in [6.07, 6.45) is -1.44. The Morgan fingerprint density at radius 2 is 1.88 bits per heavy atom. The van der Waals surface area contributed by atoms with Crippen LogP contribution in [0.4, 0.5) is 0 Å². The molecule has 0 radical (unpaired) electrons. The number of carboxylic acid groups (broad SMARTS) is 1. The largest absolute Gasteiger partial charge is 0.481 e. The van der Waals surface area contributed by atoms with E-state index in [2.05, 4.69) is 0 Å². The summed E-state index contributed by atoms with van der Waals surface area (Å²) in [4.78, 5) is 10.7. The second kappa shape index (κ2) is 3.96. The fourth-order valence-corrected chi connectivity index (χ4v) is 2.30. The van der Waals surface area contributed by atoms with Gasteiger partial charge in [0.25, 0.3) is 0 Å². The van der Waals surface area contributed by atoms with Crippen LogP contribution in [0.1, 0.15) is 20.3 Å². The van der Waals surface area contributed by atoms with Crippen LogP contribution in [0, 0.1) is 0 Å². The van der Waals surface area contributed by atoms with Crippen LogP contribution >= 0.6 is 0 Å². The molecule has 2 aliphatic heterocycles. The molecule has 2 heterocycles. The molecule has 6 heteroatoms. The number of rotatable bonds is 3. The predicted octanol–water partition coefficient (Wildman–Crippen LogP) is -0.293. The Balaban J connectivity index is 2.11. The quantitative estimate of drug-likeness (QED) is 0.693. The molecule has 0 amide bonds. The maximum atomic E-state index is 10.7. The Kier molecular flexibility index (Phi) is 2.91. The van der Waals surface area contributed by atoms with E-state index in [1.165, 1.54) is 0 Å². The van der Waals surface area contributed by atoms with E-state index in [0.717, 1.165) is 0 Å². The van der Waals surface area contributed by atoms with Crippen LogP contribution < -0.4 is 5.73 Å². The number of aliphatic carboxylic acids is 1. The van der Waals surface area contributed by atoms with Gasteiger partial charge >= 0.3 is 5.97 Å². The van der Waals surface area contributed by atoms with Crippen molar-refractivity contribution >= 4 is 5.97 Å². The van der Waals surface area contributed by atoms with Gasteiger partial charge in [0.05, 0.1) is 18.6 Å². The third-order valence-electron chi connectivity index (χ3n) is 2.85. The first kappa shape index (κ1) is 11.8. The Hall–Kier alpha value is -0.690. The smallest absolute Gasteiger partial charge is 0.306 e. The lowest BCUT2D eigenvalue weighted by Crippen LogP contribution is -2.34. The van der Waals surface area contributed by atoms with Crippen molar-refractivity contribution in [3.8, 4) is 0 Å². The minimum absolute atomic E-state index is 0.0862. The van der Waals surface area contributed by atoms with Crippen molar-refractivity contribution < 1.29 is 24.1 Å². The summed E-state index contributed by atoms with van der Waals surface area (Å²) in [5, 5.41) is 8.78. The van der Waals surface area contributed by atoms with E-state index in [0.29, 0.717) is 6.54 Å². The summed E-state index contributed by atoms with van der Waals surface area (Å²) in [5.74, 6) is -1.60. The number of nitrogens with two attached hydrogens (primary N) is 1. The second-order valence-electron chi connectivity index (χ2n) is 4.61. The third-order valence-corrected chi connectivity index (χ3v) is 2.85. The van der Waals surface area contributed by atoms with Crippen molar-refractivity contribution in [2.75, 3.05) is 6.54 Å². The number of fused-ring (bicyclic) bond motifs is 1. The van der Waals surface area contributed by atoms with Crippen LogP contribution in [0.15, 0.2) is 0 Å². The van der Waals surface area contributed by atoms with E-state index < -0.39 is 17.9 Å². The van der Waals surface area contributed by atoms with Gasteiger partial charge in [0.1, 0.15) is 12.2 Å². The van der Waals surface area contributed by atoms with Gasteiger partial charge in [0.2, 0.25) is 0 Å². The minimum Gasteiger partial charge on any atom is -0.481 e. The van der Waals surface area contributed by atoms with Crippen LogP contribution in [-0.4, -0.2) is 47.8 Å². The maximum absolute atomic E-state index is 10.7. The third kappa shape index (κ3) is 2.06. The Morgan fingerprint density at radius 3 is 2.38 bits per heavy atom. The summed E-state index contributed by atoms with van der Waals surface area (Å²) in [6.45, 7) is 3.91. The molecule has 2 aliphatic rings. The van der Waals surface area contributed by atoms with Crippen LogP contribution in [0.3, 0.4) is 0 Å². The Morgan fingerprint density at radius 1 is 1.31 bits per heavy atom. The number of ether oxygens (including phenoxy) is 3. The van der Waals surface area contributed by atoms with Gasteiger partial charge < -0.3 is 25.1 Å². The summed E-state index contributed by atoms with van der Waals surface area (Å²) < 4.78 is 16.8. The average Bonchev–Trinajstić information content (AvgIpc) is 2.60. The number of hydrogen-bond acceptors (Lipinski definition) is 5. The lowest BCUT2D eigenvalue weighted by atomic mass is 10.1. The second-order valence-corrected chi connectivity index (χ2v) is 4.61. The van der Waals surface area contributed by atoms with Crippen molar-refractivity contribution in [3.63, 3.8) is 0 Å². The molecular formula is C10H17NO5. The molecule has 0 aromatic carbocycles. The molecule has 0 aromatic heterocycles. The first-order chi connectivity index (χ1) is 7.43. The lowest BCUT2D eigenvalue weighted by Gasteiger charge is -2.23. The molecule has 2 saturated heterocycles. The average molecular weight is 231 g/mol. The van der Waals surface area contributed by atoms with Gasteiger partial charge in [0, 0.05) is 6.54 Å². The molecule has 2 rings (SSSR count). The van der Waals surface area contributed by atoms with Crippen LogP contribution in [0.25, 0.3) is 0 Å². The molecular weight excluding hydrogens is 214 g/mol. The highest BCUT2D eigenvalue weighted by molar-refractivity contribution is 5.67. The summed E-state index contributed by atoms with van der Waals surface area (Å²) in [7, 11) is 0. The first-order valence-electron chi connectivity index (χ1n) is 5.36. The van der Waals surface area contributed by atoms with E-state index in [4.69, 9.17) is 25.1 Å². The highest BCUT2D eigenvalue weighted by Crippen LogP contribution is 2.39. The van der Waals surface area contributed by atoms with E-state index >= 15 is 0 Å². The van der Waals surface area contributed by atoms with Crippen LogP contribution in [-0.2, 0) is 19.0 Å². The topological polar surface area (TPSA) is 91.0 Å². The highest BCUT2D eigenvalue weighted by Gasteiger charge is 2.54. The summed E-state index contributed by atoms with van der Waals surface area (Å²) in [5.41, 5.74) is 5.56. The van der Waals surface area contributed by atoms with Gasteiger partial charge in [0.15, 0.2) is 5.79 Å². The van der Waals surface area contributed by atoms with Gasteiger partial charge in [-0.2, -0.15) is 0 Å². The van der Waals surface area contributed by atoms with E-state index in [9.17, 15) is 4.79 Å². The molecule has 4 atom stereocenters. The van der Waals surface area contributed by atoms with E-state index in [1.807, 2.05) is 0 Å². The summed E-state index contributed by atoms with van der Waals surface area (Å²) >= 11 is 0. The highest BCUT2D eigenvalue weighted by atomic mass is 16.8. The predicted molar refractivity (Wildman–Crippen MR) is 53.8 cm³/mol.